The largest absolute Gasteiger partial charge is 0.274 e. The van der Waals surface area contributed by atoms with E-state index in [0.717, 1.165) is 18.4 Å². The van der Waals surface area contributed by atoms with Crippen molar-refractivity contribution in [3.05, 3.63) is 29.8 Å². The molecule has 7 heteroatoms. The third-order valence-electron chi connectivity index (χ3n) is 4.64. The van der Waals surface area contributed by atoms with Gasteiger partial charge >= 0.3 is 0 Å². The molecule has 1 atom stereocenters. The van der Waals surface area contributed by atoms with Crippen molar-refractivity contribution in [1.29, 1.82) is 0 Å². The average molecular weight is 376 g/mol. The molecule has 2 aliphatic carbocycles. The molecule has 0 heterocycles. The van der Waals surface area contributed by atoms with Crippen molar-refractivity contribution >= 4 is 39.1 Å². The van der Waals surface area contributed by atoms with E-state index in [0.29, 0.717) is 5.92 Å². The Labute approximate surface area is 146 Å². The number of rotatable bonds is 4. The van der Waals surface area contributed by atoms with Crippen molar-refractivity contribution < 1.29 is 13.2 Å². The molecule has 1 amide bonds. The number of sulfonamides is 1. The number of nitrogens with one attached hydrogen (secondary N) is 1. The van der Waals surface area contributed by atoms with Crippen LogP contribution in [0.15, 0.2) is 29.2 Å². The highest BCUT2D eigenvalue weighted by Gasteiger charge is 2.57. The maximum atomic E-state index is 12.3. The Morgan fingerprint density at radius 1 is 1.09 bits per heavy atom. The minimum atomic E-state index is -3.88. The van der Waals surface area contributed by atoms with Gasteiger partial charge in [-0.05, 0) is 42.9 Å². The van der Waals surface area contributed by atoms with Crippen LogP contribution in [-0.2, 0) is 14.8 Å². The van der Waals surface area contributed by atoms with Crippen LogP contribution in [0.3, 0.4) is 0 Å². The molecule has 2 saturated carbocycles. The van der Waals surface area contributed by atoms with Crippen molar-refractivity contribution in [2.45, 2.75) is 53.7 Å². The summed E-state index contributed by atoms with van der Waals surface area (Å²) in [5.74, 6) is -0.803. The van der Waals surface area contributed by atoms with Crippen molar-refractivity contribution in [1.82, 2.24) is 4.72 Å². The first-order valence-electron chi connectivity index (χ1n) is 7.84. The third-order valence-corrected chi connectivity index (χ3v) is 6.84. The number of halogens is 2. The molecular weight excluding hydrogens is 357 g/mol. The summed E-state index contributed by atoms with van der Waals surface area (Å²) in [6.07, 6.45) is 6.30. The van der Waals surface area contributed by atoms with Gasteiger partial charge in [0.2, 0.25) is 5.91 Å². The molecule has 0 aromatic heterocycles. The Balaban J connectivity index is 1.69. The van der Waals surface area contributed by atoms with Gasteiger partial charge in [0.15, 0.2) is 0 Å². The highest BCUT2D eigenvalue weighted by atomic mass is 35.5. The van der Waals surface area contributed by atoms with Crippen molar-refractivity contribution in [2.75, 3.05) is 0 Å². The quantitative estimate of drug-likeness (QED) is 0.815. The highest BCUT2D eigenvalue weighted by molar-refractivity contribution is 7.90. The highest BCUT2D eigenvalue weighted by Crippen LogP contribution is 2.53. The minimum absolute atomic E-state index is 0.0841. The standard InChI is InChI=1S/C16H19Cl2NO3S/c17-16(18)10-14(16)15(20)19-23(21,22)13-8-6-12(7-9-13)11-4-2-1-3-5-11/h6-9,11,14H,1-5,10H2,(H,19,20). The van der Waals surface area contributed by atoms with Crippen molar-refractivity contribution in [3.8, 4) is 0 Å². The molecule has 0 saturated heterocycles. The number of amides is 1. The summed E-state index contributed by atoms with van der Waals surface area (Å²) in [5.41, 5.74) is 1.16. The summed E-state index contributed by atoms with van der Waals surface area (Å²) < 4.78 is 25.4. The maximum absolute atomic E-state index is 12.3. The Hall–Kier alpha value is -0.780. The third kappa shape index (κ3) is 3.83. The average Bonchev–Trinajstić information content (AvgIpc) is 3.17. The van der Waals surface area contributed by atoms with E-state index in [4.69, 9.17) is 23.2 Å². The molecule has 0 aliphatic heterocycles. The fourth-order valence-corrected chi connectivity index (χ4v) is 4.64. The first-order chi connectivity index (χ1) is 10.8. The number of hydrogen-bond donors (Lipinski definition) is 1. The van der Waals surface area contributed by atoms with Gasteiger partial charge < -0.3 is 0 Å². The summed E-state index contributed by atoms with van der Waals surface area (Å²) in [6.45, 7) is 0. The molecule has 126 valence electrons. The van der Waals surface area contributed by atoms with Gasteiger partial charge in [0.05, 0.1) is 10.8 Å². The van der Waals surface area contributed by atoms with Crippen molar-refractivity contribution in [2.24, 2.45) is 5.92 Å². The van der Waals surface area contributed by atoms with E-state index >= 15 is 0 Å². The first-order valence-corrected chi connectivity index (χ1v) is 10.1. The molecule has 1 aromatic rings. The lowest BCUT2D eigenvalue weighted by atomic mass is 9.84. The van der Waals surface area contributed by atoms with Crippen LogP contribution in [0.25, 0.3) is 0 Å². The van der Waals surface area contributed by atoms with Crippen LogP contribution in [0.4, 0.5) is 0 Å². The molecule has 2 aliphatic rings. The zero-order valence-electron chi connectivity index (χ0n) is 12.6. The van der Waals surface area contributed by atoms with E-state index in [-0.39, 0.29) is 11.3 Å². The normalized spacial score (nSPS) is 24.2. The van der Waals surface area contributed by atoms with Crippen LogP contribution in [0.1, 0.15) is 50.0 Å². The number of benzene rings is 1. The second-order valence-corrected chi connectivity index (χ2v) is 9.62. The molecule has 1 aromatic carbocycles. The van der Waals surface area contributed by atoms with Gasteiger partial charge in [0, 0.05) is 0 Å². The molecule has 2 fully saturated rings. The number of hydrogen-bond acceptors (Lipinski definition) is 3. The predicted molar refractivity (Wildman–Crippen MR) is 90.1 cm³/mol. The van der Waals surface area contributed by atoms with Gasteiger partial charge in [-0.15, -0.1) is 23.2 Å². The minimum Gasteiger partial charge on any atom is -0.274 e. The predicted octanol–water partition coefficient (Wildman–Crippen LogP) is 3.73. The number of carbonyl (C=O) groups excluding carboxylic acids is 1. The lowest BCUT2D eigenvalue weighted by molar-refractivity contribution is -0.120. The maximum Gasteiger partial charge on any atom is 0.264 e. The van der Waals surface area contributed by atoms with Crippen LogP contribution in [0.2, 0.25) is 0 Å². The summed E-state index contributed by atoms with van der Waals surface area (Å²) in [7, 11) is -3.88. The first kappa shape index (κ1) is 17.1. The van der Waals surface area contributed by atoms with E-state index in [1.165, 1.54) is 19.3 Å². The van der Waals surface area contributed by atoms with E-state index in [1.807, 2.05) is 12.1 Å². The molecule has 1 unspecified atom stereocenters. The molecule has 4 nitrogen and oxygen atoms in total. The molecule has 0 bridgehead atoms. The van der Waals surface area contributed by atoms with E-state index < -0.39 is 26.2 Å². The molecular formula is C16H19Cl2NO3S. The zero-order valence-corrected chi connectivity index (χ0v) is 14.9. The Morgan fingerprint density at radius 3 is 2.17 bits per heavy atom. The van der Waals surface area contributed by atoms with Gasteiger partial charge in [0.25, 0.3) is 10.0 Å². The van der Waals surface area contributed by atoms with Crippen LogP contribution in [-0.4, -0.2) is 18.7 Å². The van der Waals surface area contributed by atoms with Crippen LogP contribution in [0, 0.1) is 5.92 Å². The zero-order chi connectivity index (χ0) is 16.7. The van der Waals surface area contributed by atoms with E-state index in [1.54, 1.807) is 12.1 Å². The second kappa shape index (κ2) is 6.26. The smallest absolute Gasteiger partial charge is 0.264 e. The van der Waals surface area contributed by atoms with Crippen molar-refractivity contribution in [3.63, 3.8) is 0 Å². The second-order valence-electron chi connectivity index (χ2n) is 6.39. The fraction of sp³-hybridized carbons (Fsp3) is 0.562. The lowest BCUT2D eigenvalue weighted by Gasteiger charge is -2.22. The van der Waals surface area contributed by atoms with Gasteiger partial charge in [-0.2, -0.15) is 0 Å². The summed E-state index contributed by atoms with van der Waals surface area (Å²) >= 11 is 11.6. The molecule has 23 heavy (non-hydrogen) atoms. The van der Waals surface area contributed by atoms with Gasteiger partial charge in [-0.1, -0.05) is 31.4 Å². The van der Waals surface area contributed by atoms with Gasteiger partial charge in [0.1, 0.15) is 4.33 Å². The SMILES string of the molecule is O=C(NS(=O)(=O)c1ccc(C2CCCCC2)cc1)C1CC1(Cl)Cl. The summed E-state index contributed by atoms with van der Waals surface area (Å²) in [5, 5.41) is 0. The van der Waals surface area contributed by atoms with Crippen LogP contribution >= 0.6 is 23.2 Å². The fourth-order valence-electron chi connectivity index (χ4n) is 3.12. The lowest BCUT2D eigenvalue weighted by Crippen LogP contribution is -2.33. The Kier molecular flexibility index (Phi) is 4.64. The van der Waals surface area contributed by atoms with E-state index in [9.17, 15) is 13.2 Å². The molecule has 0 spiro atoms. The van der Waals surface area contributed by atoms with E-state index in [2.05, 4.69) is 4.72 Å². The van der Waals surface area contributed by atoms with Gasteiger partial charge in [-0.25, -0.2) is 13.1 Å². The Bertz CT molecular complexity index is 695. The monoisotopic (exact) mass is 375 g/mol. The van der Waals surface area contributed by atoms with Gasteiger partial charge in [-0.3, -0.25) is 4.79 Å². The van der Waals surface area contributed by atoms with Crippen LogP contribution in [0.5, 0.6) is 0 Å². The molecule has 3 rings (SSSR count). The topological polar surface area (TPSA) is 63.2 Å². The summed E-state index contributed by atoms with van der Waals surface area (Å²) in [6, 6.07) is 6.81. The van der Waals surface area contributed by atoms with Crippen LogP contribution < -0.4 is 4.72 Å². The number of alkyl halides is 2. The molecule has 0 radical (unpaired) electrons. The number of carbonyl (C=O) groups is 1. The molecule has 1 N–H and O–H groups in total. The Morgan fingerprint density at radius 2 is 1.65 bits per heavy atom. The summed E-state index contributed by atoms with van der Waals surface area (Å²) in [4.78, 5) is 11.9.